The lowest BCUT2D eigenvalue weighted by molar-refractivity contribution is -0.158. The highest BCUT2D eigenvalue weighted by Crippen LogP contribution is 2.27. The molecule has 2 atom stereocenters. The van der Waals surface area contributed by atoms with Crippen LogP contribution < -0.4 is 43.4 Å². The number of thiophene rings is 1. The Kier molecular flexibility index (Phi) is 19.7. The van der Waals surface area contributed by atoms with Crippen molar-refractivity contribution < 1.29 is 43.0 Å². The molecule has 0 unspecified atom stereocenters. The van der Waals surface area contributed by atoms with Crippen molar-refractivity contribution in [3.05, 3.63) is 122 Å². The number of ether oxygens (including phenoxy) is 2. The highest BCUT2D eigenvalue weighted by atomic mass is 32.1. The molecular formula is C51H62N12O9S. The third kappa shape index (κ3) is 18.4. The predicted octanol–water partition coefficient (Wildman–Crippen LogP) is 3.73. The number of alkyl carbamates (subject to hydrolysis) is 1. The number of allylic oxidation sites excluding steroid dienone is 2. The van der Waals surface area contributed by atoms with Gasteiger partial charge in [-0.05, 0) is 89.3 Å². The number of nitrogens with two attached hydrogens (primary N) is 2. The number of carbonyl (C=O) groups is 7. The van der Waals surface area contributed by atoms with E-state index in [9.17, 15) is 33.6 Å². The molecule has 1 fully saturated rings. The maximum Gasteiger partial charge on any atom is 0.408 e. The van der Waals surface area contributed by atoms with Crippen LogP contribution in [0.2, 0.25) is 0 Å². The molecule has 73 heavy (non-hydrogen) atoms. The van der Waals surface area contributed by atoms with Crippen LogP contribution in [-0.2, 0) is 57.6 Å². The summed E-state index contributed by atoms with van der Waals surface area (Å²) in [6.07, 6.45) is 3.08. The monoisotopic (exact) mass is 1020 g/mol. The number of nitrogen functional groups attached to an aromatic ring is 1. The van der Waals surface area contributed by atoms with Gasteiger partial charge in [0.1, 0.15) is 44.9 Å². The maximum absolute atomic E-state index is 13.8. The van der Waals surface area contributed by atoms with E-state index in [2.05, 4.69) is 36.7 Å². The number of carbonyl (C=O) groups excluding carboxylic acids is 7. The maximum atomic E-state index is 13.8. The number of nitrogens with zero attached hydrogens (tertiary/aromatic N) is 2. The molecular weight excluding hydrogens is 957 g/mol. The van der Waals surface area contributed by atoms with Crippen molar-refractivity contribution in [2.75, 3.05) is 19.6 Å². The van der Waals surface area contributed by atoms with Gasteiger partial charge in [-0.2, -0.15) is 5.26 Å². The lowest BCUT2D eigenvalue weighted by atomic mass is 9.86. The summed E-state index contributed by atoms with van der Waals surface area (Å²) in [5, 5.41) is 39.9. The van der Waals surface area contributed by atoms with E-state index in [1.807, 2.05) is 12.1 Å². The average Bonchev–Trinajstić information content (AvgIpc) is 4.08. The van der Waals surface area contributed by atoms with Crippen molar-refractivity contribution in [3.63, 3.8) is 0 Å². The molecule has 2 heterocycles. The highest BCUT2D eigenvalue weighted by Gasteiger charge is 2.46. The minimum Gasteiger partial charge on any atom is -0.460 e. The van der Waals surface area contributed by atoms with Gasteiger partial charge in [0.05, 0.1) is 32.6 Å². The largest absolute Gasteiger partial charge is 0.460 e. The molecule has 5 rings (SSSR count). The van der Waals surface area contributed by atoms with Gasteiger partial charge in [-0.15, -0.1) is 11.3 Å². The molecule has 0 bridgehead atoms. The molecule has 0 radical (unpaired) electrons. The standard InChI is InChI=1S/C29H35N5O6S.C22H27N7O3/c1-27(2,3)39-24(36)15-29(34-26(38)40-28(4,5)6,14-19-9-8-10-20(13-19)31-7)25(37)33-18-23(35)32-17-22-12-11-21(16-30)41-22;23-19(24)15-3-1-2-13(8-15)10-22(7-6-17(30)29-22)21(32)28-12-18(31)27-11-14-4-5-16(9-14)20(25)26/h8-13H,14-15,17-18H2,1-6H3,(H,32,35)(H,33,37)(H,34,38);1-5,8H,6-7,9-12H2,(H3,23,24)(H3,25,26)(H,27,31)(H,28,32)(H,29,30)/t29-;22-/m01/s1. The van der Waals surface area contributed by atoms with Crippen LogP contribution in [-0.4, -0.2) is 95.2 Å². The van der Waals surface area contributed by atoms with E-state index < -0.39 is 65.0 Å². The van der Waals surface area contributed by atoms with Gasteiger partial charge in [-0.3, -0.25) is 39.6 Å². The number of rotatable bonds is 19. The minimum atomic E-state index is -1.93. The van der Waals surface area contributed by atoms with Crippen LogP contribution in [0.25, 0.3) is 4.85 Å². The molecule has 1 aliphatic carbocycles. The number of nitriles is 1. The van der Waals surface area contributed by atoms with Crippen LogP contribution in [0, 0.1) is 28.7 Å². The Morgan fingerprint density at radius 1 is 0.849 bits per heavy atom. The van der Waals surface area contributed by atoms with Crippen LogP contribution in [0.15, 0.2) is 84.0 Å². The van der Waals surface area contributed by atoms with Gasteiger partial charge < -0.3 is 52.8 Å². The predicted molar refractivity (Wildman–Crippen MR) is 273 cm³/mol. The summed E-state index contributed by atoms with van der Waals surface area (Å²) in [6, 6.07) is 18.8. The lowest BCUT2D eigenvalue weighted by Gasteiger charge is -2.34. The number of benzene rings is 2. The Bertz CT molecular complexity index is 2740. The molecule has 21 nitrogen and oxygen atoms in total. The normalized spacial score (nSPS) is 15.6. The van der Waals surface area contributed by atoms with Crippen LogP contribution >= 0.6 is 11.3 Å². The Morgan fingerprint density at radius 3 is 2.10 bits per heavy atom. The quantitative estimate of drug-likeness (QED) is 0.0356. The van der Waals surface area contributed by atoms with Gasteiger partial charge in [0.15, 0.2) is 5.69 Å². The van der Waals surface area contributed by atoms with E-state index in [4.69, 9.17) is 43.6 Å². The summed E-state index contributed by atoms with van der Waals surface area (Å²) >= 11 is 1.23. The van der Waals surface area contributed by atoms with Crippen LogP contribution in [0.1, 0.15) is 93.7 Å². The zero-order valence-electron chi connectivity index (χ0n) is 41.6. The molecule has 0 saturated carbocycles. The third-order valence-corrected chi connectivity index (χ3v) is 11.8. The number of hydrogen-bond donors (Lipinski definition) is 10. The fourth-order valence-corrected chi connectivity index (χ4v) is 8.22. The fourth-order valence-electron chi connectivity index (χ4n) is 7.48. The Morgan fingerprint density at radius 2 is 1.51 bits per heavy atom. The Labute approximate surface area is 427 Å². The number of nitrogens with one attached hydrogen (secondary N) is 8. The molecule has 6 amide bonds. The fraction of sp³-hybridized carbons (Fsp3) is 0.392. The molecule has 1 aromatic heterocycles. The number of amidine groups is 2. The van der Waals surface area contributed by atoms with Crippen molar-refractivity contribution in [2.45, 2.75) is 109 Å². The summed E-state index contributed by atoms with van der Waals surface area (Å²) in [4.78, 5) is 94.2. The van der Waals surface area contributed by atoms with Crippen LogP contribution in [0.5, 0.6) is 0 Å². The number of esters is 1. The zero-order chi connectivity index (χ0) is 54.1. The third-order valence-electron chi connectivity index (χ3n) is 10.8. The average molecular weight is 1020 g/mol. The summed E-state index contributed by atoms with van der Waals surface area (Å²) in [5.41, 5.74) is 9.83. The first-order valence-corrected chi connectivity index (χ1v) is 23.8. The molecule has 1 aliphatic heterocycles. The van der Waals surface area contributed by atoms with E-state index >= 15 is 0 Å². The van der Waals surface area contributed by atoms with Gasteiger partial charge in [-0.25, -0.2) is 9.64 Å². The molecule has 22 heteroatoms. The van der Waals surface area contributed by atoms with Crippen molar-refractivity contribution in [1.29, 1.82) is 16.1 Å². The van der Waals surface area contributed by atoms with Crippen molar-refractivity contribution >= 4 is 70.3 Å². The molecule has 1 saturated heterocycles. The first-order valence-electron chi connectivity index (χ1n) is 23.0. The second kappa shape index (κ2) is 25.1. The Hall–Kier alpha value is -8.37. The first-order chi connectivity index (χ1) is 34.2. The molecule has 12 N–H and O–H groups in total. The smallest absolute Gasteiger partial charge is 0.408 e. The highest BCUT2D eigenvalue weighted by molar-refractivity contribution is 7.12. The second-order valence-corrected chi connectivity index (χ2v) is 20.4. The topological polar surface area (TPSA) is 338 Å². The van der Waals surface area contributed by atoms with Gasteiger partial charge in [-0.1, -0.05) is 60.2 Å². The summed E-state index contributed by atoms with van der Waals surface area (Å²) in [5.74, 6) is -3.21. The van der Waals surface area contributed by atoms with Gasteiger partial charge in [0.2, 0.25) is 29.5 Å². The summed E-state index contributed by atoms with van der Waals surface area (Å²) < 4.78 is 10.9. The van der Waals surface area contributed by atoms with E-state index in [0.717, 1.165) is 16.0 Å². The second-order valence-electron chi connectivity index (χ2n) is 19.3. The zero-order valence-corrected chi connectivity index (χ0v) is 42.4. The summed E-state index contributed by atoms with van der Waals surface area (Å²) in [6.45, 7) is 17.1. The molecule has 2 aliphatic rings. The number of hydrogen-bond acceptors (Lipinski definition) is 13. The van der Waals surface area contributed by atoms with Crippen LogP contribution in [0.4, 0.5) is 10.5 Å². The van der Waals surface area contributed by atoms with Gasteiger partial charge in [0.25, 0.3) is 0 Å². The Balaban J connectivity index is 0.000000326. The van der Waals surface area contributed by atoms with Gasteiger partial charge in [0, 0.05) is 36.2 Å². The van der Waals surface area contributed by atoms with Crippen molar-refractivity contribution in [2.24, 2.45) is 11.5 Å². The lowest BCUT2D eigenvalue weighted by Crippen LogP contribution is -2.62. The van der Waals surface area contributed by atoms with Crippen molar-refractivity contribution in [3.8, 4) is 6.07 Å². The van der Waals surface area contributed by atoms with Crippen molar-refractivity contribution in [1.82, 2.24) is 31.9 Å². The molecule has 3 aromatic rings. The van der Waals surface area contributed by atoms with Crippen LogP contribution in [0.3, 0.4) is 0 Å². The van der Waals surface area contributed by atoms with Gasteiger partial charge >= 0.3 is 12.1 Å². The van der Waals surface area contributed by atoms with E-state index in [1.54, 1.807) is 108 Å². The molecule has 0 spiro atoms. The van der Waals surface area contributed by atoms with E-state index in [1.165, 1.54) is 11.3 Å². The molecule has 386 valence electrons. The van der Waals surface area contributed by atoms with E-state index in [-0.39, 0.29) is 55.8 Å². The number of amides is 6. The first kappa shape index (κ1) is 57.2. The minimum absolute atomic E-state index is 0.00703. The SMILES string of the molecule is N=C(N)C1=CC=C(CNC(=O)CNC(=O)[C@]2(Cc3cccc(C(=N)N)c3)CCC(=O)N2)C1.[C-]#[N+]c1cccc(C[C@@](CC(=O)OC(C)(C)C)(NC(=O)OC(C)(C)C)C(=O)NCC(=O)NCc2ccc(C#N)s2)c1. The summed E-state index contributed by atoms with van der Waals surface area (Å²) in [7, 11) is 0. The molecule has 2 aromatic carbocycles. The van der Waals surface area contributed by atoms with E-state index in [0.29, 0.717) is 46.7 Å².